The molecule has 2 bridgehead atoms. The van der Waals surface area contributed by atoms with Gasteiger partial charge in [0.25, 0.3) is 0 Å². The van der Waals surface area contributed by atoms with Gasteiger partial charge in [-0.3, -0.25) is 9.78 Å². The van der Waals surface area contributed by atoms with Crippen molar-refractivity contribution in [2.75, 3.05) is 19.6 Å². The number of carbonyl (C=O) groups excluding carboxylic acids is 1. The molecule has 1 aromatic heterocycles. The Morgan fingerprint density at radius 1 is 1.19 bits per heavy atom. The van der Waals surface area contributed by atoms with Crippen LogP contribution in [0.15, 0.2) is 24.5 Å². The van der Waals surface area contributed by atoms with Crippen LogP contribution in [0.2, 0.25) is 0 Å². The lowest BCUT2D eigenvalue weighted by atomic mass is 9.88. The lowest BCUT2D eigenvalue weighted by Gasteiger charge is -2.41. The van der Waals surface area contributed by atoms with Crippen molar-refractivity contribution < 1.29 is 4.79 Å². The van der Waals surface area contributed by atoms with Gasteiger partial charge in [0.15, 0.2) is 0 Å². The van der Waals surface area contributed by atoms with Gasteiger partial charge < -0.3 is 10.2 Å². The predicted molar refractivity (Wildman–Crippen MR) is 86.1 cm³/mol. The lowest BCUT2D eigenvalue weighted by molar-refractivity contribution is -0.140. The molecule has 21 heavy (non-hydrogen) atoms. The molecule has 6 heteroatoms. The first kappa shape index (κ1) is 16.5. The minimum Gasteiger partial charge on any atom is -0.341 e. The van der Waals surface area contributed by atoms with E-state index >= 15 is 0 Å². The molecule has 4 rings (SSSR count). The van der Waals surface area contributed by atoms with E-state index in [1.807, 2.05) is 17.3 Å². The molecule has 2 aliphatic heterocycles. The van der Waals surface area contributed by atoms with Crippen molar-refractivity contribution in [2.24, 2.45) is 11.8 Å². The number of hydrogen-bond acceptors (Lipinski definition) is 3. The van der Waals surface area contributed by atoms with Crippen LogP contribution >= 0.6 is 24.8 Å². The highest BCUT2D eigenvalue weighted by Gasteiger charge is 2.48. The Bertz CT molecular complexity index is 473. The second kappa shape index (κ2) is 6.51. The maximum Gasteiger partial charge on any atom is 0.227 e. The Labute approximate surface area is 137 Å². The van der Waals surface area contributed by atoms with Crippen LogP contribution in [-0.2, 0) is 4.79 Å². The molecule has 4 nitrogen and oxygen atoms in total. The topological polar surface area (TPSA) is 45.2 Å². The number of nitrogens with one attached hydrogen (secondary N) is 1. The van der Waals surface area contributed by atoms with Gasteiger partial charge in [-0.15, -0.1) is 24.8 Å². The minimum atomic E-state index is 0. The fraction of sp³-hybridized carbons (Fsp3) is 0.600. The number of carbonyl (C=O) groups is 1. The van der Waals surface area contributed by atoms with Gasteiger partial charge >= 0.3 is 0 Å². The molecular weight excluding hydrogens is 309 g/mol. The van der Waals surface area contributed by atoms with E-state index in [0.717, 1.165) is 19.6 Å². The van der Waals surface area contributed by atoms with Crippen molar-refractivity contribution in [3.63, 3.8) is 0 Å². The molecule has 1 aromatic rings. The molecule has 3 atom stereocenters. The number of piperidine rings is 1. The number of fused-ring (bicyclic) bond motifs is 2. The van der Waals surface area contributed by atoms with Crippen molar-refractivity contribution in [3.05, 3.63) is 30.1 Å². The summed E-state index contributed by atoms with van der Waals surface area (Å²) >= 11 is 0. The molecule has 0 radical (unpaired) electrons. The minimum absolute atomic E-state index is 0. The SMILES string of the molecule is Cl.Cl.O=C([C@@H]1[C@H]2CC[C@@H]1NC2)N1CC(c2ccncc2)C1. The van der Waals surface area contributed by atoms with Crippen molar-refractivity contribution in [1.29, 1.82) is 0 Å². The van der Waals surface area contributed by atoms with Crippen LogP contribution in [0.25, 0.3) is 0 Å². The molecule has 3 fully saturated rings. The Balaban J connectivity index is 0.000000807. The number of amides is 1. The molecule has 1 N–H and O–H groups in total. The third-order valence-corrected chi connectivity index (χ3v) is 5.09. The summed E-state index contributed by atoms with van der Waals surface area (Å²) in [6.07, 6.45) is 6.08. The Hall–Kier alpha value is -0.840. The van der Waals surface area contributed by atoms with Gasteiger partial charge in [0, 0.05) is 37.4 Å². The van der Waals surface area contributed by atoms with Crippen LogP contribution in [0, 0.1) is 11.8 Å². The number of hydrogen-bond donors (Lipinski definition) is 1. The van der Waals surface area contributed by atoms with Gasteiger partial charge in [0.05, 0.1) is 5.92 Å². The van der Waals surface area contributed by atoms with Gasteiger partial charge in [-0.2, -0.15) is 0 Å². The fourth-order valence-electron chi connectivity index (χ4n) is 3.93. The first-order valence-electron chi connectivity index (χ1n) is 7.25. The second-order valence-corrected chi connectivity index (χ2v) is 6.10. The van der Waals surface area contributed by atoms with E-state index in [-0.39, 0.29) is 30.7 Å². The van der Waals surface area contributed by atoms with Gasteiger partial charge in [-0.05, 0) is 43.0 Å². The molecule has 1 amide bonds. The van der Waals surface area contributed by atoms with E-state index in [2.05, 4.69) is 22.4 Å². The number of nitrogens with zero attached hydrogens (tertiary/aromatic N) is 2. The van der Waals surface area contributed by atoms with Gasteiger partial charge in [-0.1, -0.05) is 0 Å². The molecule has 0 unspecified atom stereocenters. The zero-order chi connectivity index (χ0) is 12.8. The van der Waals surface area contributed by atoms with Crippen LogP contribution < -0.4 is 5.32 Å². The van der Waals surface area contributed by atoms with Crippen molar-refractivity contribution in [3.8, 4) is 0 Å². The standard InChI is InChI=1S/C15H19N3O.2ClH/c19-15(14-11-1-2-13(14)17-7-11)18-8-12(9-18)10-3-5-16-6-4-10;;/h3-6,11-14,17H,1-2,7-9H2;2*1H/t11-,13-,14+;;/m0../s1. The summed E-state index contributed by atoms with van der Waals surface area (Å²) in [6.45, 7) is 2.82. The van der Waals surface area contributed by atoms with E-state index in [4.69, 9.17) is 0 Å². The van der Waals surface area contributed by atoms with Gasteiger partial charge in [0.1, 0.15) is 0 Å². The number of rotatable bonds is 2. The number of halogens is 2. The van der Waals surface area contributed by atoms with E-state index in [0.29, 0.717) is 23.8 Å². The maximum absolute atomic E-state index is 12.5. The van der Waals surface area contributed by atoms with Crippen LogP contribution in [0.5, 0.6) is 0 Å². The highest BCUT2D eigenvalue weighted by Crippen LogP contribution is 2.40. The first-order valence-corrected chi connectivity index (χ1v) is 7.25. The zero-order valence-electron chi connectivity index (χ0n) is 11.8. The molecular formula is C15H21Cl2N3O. The first-order chi connectivity index (χ1) is 9.33. The van der Waals surface area contributed by atoms with E-state index in [1.165, 1.54) is 18.4 Å². The molecule has 0 aromatic carbocycles. The molecule has 3 heterocycles. The van der Waals surface area contributed by atoms with E-state index in [1.54, 1.807) is 0 Å². The lowest BCUT2D eigenvalue weighted by Crippen LogP contribution is -2.52. The zero-order valence-corrected chi connectivity index (χ0v) is 13.4. The maximum atomic E-state index is 12.5. The van der Waals surface area contributed by atoms with Gasteiger partial charge in [-0.25, -0.2) is 0 Å². The Morgan fingerprint density at radius 2 is 1.90 bits per heavy atom. The van der Waals surface area contributed by atoms with Crippen LogP contribution in [-0.4, -0.2) is 41.5 Å². The largest absolute Gasteiger partial charge is 0.341 e. The average molecular weight is 330 g/mol. The molecule has 116 valence electrons. The van der Waals surface area contributed by atoms with E-state index < -0.39 is 0 Å². The molecule has 0 spiro atoms. The van der Waals surface area contributed by atoms with Crippen LogP contribution in [0.4, 0.5) is 0 Å². The summed E-state index contributed by atoms with van der Waals surface area (Å²) in [5.74, 6) is 1.76. The quantitative estimate of drug-likeness (QED) is 0.900. The van der Waals surface area contributed by atoms with Gasteiger partial charge in [0.2, 0.25) is 5.91 Å². The smallest absolute Gasteiger partial charge is 0.227 e. The van der Waals surface area contributed by atoms with Crippen molar-refractivity contribution in [2.45, 2.75) is 24.8 Å². The summed E-state index contributed by atoms with van der Waals surface area (Å²) in [5, 5.41) is 3.48. The second-order valence-electron chi connectivity index (χ2n) is 6.10. The number of likely N-dealkylation sites (tertiary alicyclic amines) is 1. The fourth-order valence-corrected chi connectivity index (χ4v) is 3.93. The predicted octanol–water partition coefficient (Wildman–Crippen LogP) is 1.85. The Morgan fingerprint density at radius 3 is 2.43 bits per heavy atom. The van der Waals surface area contributed by atoms with Crippen LogP contribution in [0.1, 0.15) is 24.3 Å². The normalized spacial score (nSPS) is 30.3. The summed E-state index contributed by atoms with van der Waals surface area (Å²) in [5.41, 5.74) is 1.31. The summed E-state index contributed by atoms with van der Waals surface area (Å²) in [6, 6.07) is 4.58. The number of aromatic nitrogens is 1. The Kier molecular flexibility index (Phi) is 5.12. The highest BCUT2D eigenvalue weighted by molar-refractivity contribution is 5.85. The number of pyridine rings is 1. The summed E-state index contributed by atoms with van der Waals surface area (Å²) in [4.78, 5) is 18.6. The van der Waals surface area contributed by atoms with E-state index in [9.17, 15) is 4.79 Å². The molecule has 1 saturated carbocycles. The highest BCUT2D eigenvalue weighted by atomic mass is 35.5. The monoisotopic (exact) mass is 329 g/mol. The van der Waals surface area contributed by atoms with Crippen molar-refractivity contribution >= 4 is 30.7 Å². The van der Waals surface area contributed by atoms with Crippen LogP contribution in [0.3, 0.4) is 0 Å². The van der Waals surface area contributed by atoms with Crippen molar-refractivity contribution in [1.82, 2.24) is 15.2 Å². The third kappa shape index (κ3) is 2.77. The molecule has 3 aliphatic rings. The molecule has 2 saturated heterocycles. The average Bonchev–Trinajstić information content (AvgIpc) is 2.98. The summed E-state index contributed by atoms with van der Waals surface area (Å²) in [7, 11) is 0. The molecule has 1 aliphatic carbocycles. The summed E-state index contributed by atoms with van der Waals surface area (Å²) < 4.78 is 0. The third-order valence-electron chi connectivity index (χ3n) is 5.09.